The van der Waals surface area contributed by atoms with Crippen LogP contribution in [0.5, 0.6) is 5.75 Å². The first-order valence-electron chi connectivity index (χ1n) is 6.39. The maximum absolute atomic E-state index is 5.38. The second-order valence-corrected chi connectivity index (χ2v) is 4.51. The van der Waals surface area contributed by atoms with Crippen molar-refractivity contribution in [3.8, 4) is 5.75 Å². The van der Waals surface area contributed by atoms with Crippen molar-refractivity contribution >= 4 is 10.9 Å². The second-order valence-electron chi connectivity index (χ2n) is 4.51. The summed E-state index contributed by atoms with van der Waals surface area (Å²) in [7, 11) is 1.71. The third-order valence-corrected chi connectivity index (χ3v) is 3.36. The average Bonchev–Trinajstić information content (AvgIpc) is 2.89. The number of hydrogen-bond acceptors (Lipinski definition) is 2. The number of aryl methyl sites for hydroxylation is 2. The van der Waals surface area contributed by atoms with Gasteiger partial charge >= 0.3 is 0 Å². The van der Waals surface area contributed by atoms with E-state index in [1.54, 1.807) is 13.3 Å². The molecule has 0 radical (unpaired) electrons. The highest BCUT2D eigenvalue weighted by atomic mass is 16.5. The van der Waals surface area contributed by atoms with Crippen LogP contribution in [0.2, 0.25) is 0 Å². The van der Waals surface area contributed by atoms with Gasteiger partial charge in [0.2, 0.25) is 0 Å². The van der Waals surface area contributed by atoms with Crippen molar-refractivity contribution in [3.05, 3.63) is 60.6 Å². The van der Waals surface area contributed by atoms with Crippen LogP contribution >= 0.6 is 0 Å². The van der Waals surface area contributed by atoms with Gasteiger partial charge in [-0.25, -0.2) is 0 Å². The zero-order chi connectivity index (χ0) is 13.1. The van der Waals surface area contributed by atoms with Gasteiger partial charge in [-0.05, 0) is 36.2 Å². The molecule has 1 aromatic carbocycles. The standard InChI is InChI=1S/C16H16N2O/c1-19-16-6-2-5-15-14(16)8-11-18(15)10-7-13-4-3-9-17-12-13/h2-6,8-9,11-12H,7,10H2,1H3. The van der Waals surface area contributed by atoms with Crippen molar-refractivity contribution in [2.75, 3.05) is 7.11 Å². The zero-order valence-corrected chi connectivity index (χ0v) is 10.9. The Labute approximate surface area is 112 Å². The van der Waals surface area contributed by atoms with E-state index in [1.165, 1.54) is 11.1 Å². The first kappa shape index (κ1) is 11.8. The van der Waals surface area contributed by atoms with E-state index in [-0.39, 0.29) is 0 Å². The van der Waals surface area contributed by atoms with Crippen LogP contribution in [0.1, 0.15) is 5.56 Å². The van der Waals surface area contributed by atoms with Gasteiger partial charge in [0.15, 0.2) is 0 Å². The molecule has 0 amide bonds. The van der Waals surface area contributed by atoms with E-state index in [4.69, 9.17) is 4.74 Å². The molecule has 2 aromatic heterocycles. The predicted octanol–water partition coefficient (Wildman–Crippen LogP) is 3.29. The van der Waals surface area contributed by atoms with Gasteiger partial charge in [-0.2, -0.15) is 0 Å². The topological polar surface area (TPSA) is 27.1 Å². The zero-order valence-electron chi connectivity index (χ0n) is 10.9. The summed E-state index contributed by atoms with van der Waals surface area (Å²) in [4.78, 5) is 4.15. The lowest BCUT2D eigenvalue weighted by molar-refractivity contribution is 0.420. The Balaban J connectivity index is 1.86. The average molecular weight is 252 g/mol. The van der Waals surface area contributed by atoms with Crippen molar-refractivity contribution in [1.82, 2.24) is 9.55 Å². The van der Waals surface area contributed by atoms with Crippen molar-refractivity contribution < 1.29 is 4.74 Å². The molecule has 3 aromatic rings. The number of hydrogen-bond donors (Lipinski definition) is 0. The fourth-order valence-corrected chi connectivity index (χ4v) is 2.36. The van der Waals surface area contributed by atoms with Crippen molar-refractivity contribution in [1.29, 1.82) is 0 Å². The Hall–Kier alpha value is -2.29. The highest BCUT2D eigenvalue weighted by Gasteiger charge is 2.05. The van der Waals surface area contributed by atoms with Crippen LogP contribution in [0.15, 0.2) is 55.0 Å². The number of pyridine rings is 1. The van der Waals surface area contributed by atoms with Crippen LogP contribution in [0, 0.1) is 0 Å². The number of nitrogens with zero attached hydrogens (tertiary/aromatic N) is 2. The van der Waals surface area contributed by atoms with E-state index in [1.807, 2.05) is 24.4 Å². The van der Waals surface area contributed by atoms with Gasteiger partial charge in [0.25, 0.3) is 0 Å². The van der Waals surface area contributed by atoms with E-state index in [9.17, 15) is 0 Å². The molecule has 3 rings (SSSR count). The van der Waals surface area contributed by atoms with Crippen molar-refractivity contribution in [3.63, 3.8) is 0 Å². The Morgan fingerprint density at radius 2 is 2.11 bits per heavy atom. The van der Waals surface area contributed by atoms with E-state index >= 15 is 0 Å². The molecule has 0 N–H and O–H groups in total. The number of rotatable bonds is 4. The molecule has 0 unspecified atom stereocenters. The molecule has 0 fully saturated rings. The quantitative estimate of drug-likeness (QED) is 0.712. The summed E-state index contributed by atoms with van der Waals surface area (Å²) in [5, 5.41) is 1.16. The van der Waals surface area contributed by atoms with Crippen molar-refractivity contribution in [2.45, 2.75) is 13.0 Å². The number of aromatic nitrogens is 2. The lowest BCUT2D eigenvalue weighted by Gasteiger charge is -2.06. The van der Waals surface area contributed by atoms with Gasteiger partial charge in [0.05, 0.1) is 12.6 Å². The number of ether oxygens (including phenoxy) is 1. The minimum Gasteiger partial charge on any atom is -0.496 e. The summed E-state index contributed by atoms with van der Waals surface area (Å²) in [5.41, 5.74) is 2.47. The fourth-order valence-electron chi connectivity index (χ4n) is 2.36. The molecule has 0 spiro atoms. The first-order chi connectivity index (χ1) is 9.38. The minimum absolute atomic E-state index is 0.928. The summed E-state index contributed by atoms with van der Waals surface area (Å²) in [6.07, 6.45) is 6.82. The molecule has 3 heteroatoms. The Morgan fingerprint density at radius 3 is 2.89 bits per heavy atom. The molecule has 0 atom stereocenters. The summed E-state index contributed by atoms with van der Waals surface area (Å²) in [6, 6.07) is 12.3. The van der Waals surface area contributed by atoms with E-state index < -0.39 is 0 Å². The van der Waals surface area contributed by atoms with Crippen LogP contribution in [-0.4, -0.2) is 16.7 Å². The number of methoxy groups -OCH3 is 1. The summed E-state index contributed by atoms with van der Waals surface area (Å²) in [6.45, 7) is 0.947. The molecule has 19 heavy (non-hydrogen) atoms. The Kier molecular flexibility index (Phi) is 3.19. The molecular weight excluding hydrogens is 236 g/mol. The minimum atomic E-state index is 0.928. The van der Waals surface area contributed by atoms with Crippen LogP contribution in [0.4, 0.5) is 0 Å². The highest BCUT2D eigenvalue weighted by Crippen LogP contribution is 2.26. The Bertz CT molecular complexity index is 674. The molecule has 3 nitrogen and oxygen atoms in total. The van der Waals surface area contributed by atoms with Gasteiger partial charge in [0.1, 0.15) is 5.75 Å². The lowest BCUT2D eigenvalue weighted by atomic mass is 10.2. The van der Waals surface area contributed by atoms with Gasteiger partial charge < -0.3 is 9.30 Å². The van der Waals surface area contributed by atoms with E-state index in [0.717, 1.165) is 24.1 Å². The molecule has 0 saturated heterocycles. The normalized spacial score (nSPS) is 10.8. The number of benzene rings is 1. The maximum Gasteiger partial charge on any atom is 0.128 e. The predicted molar refractivity (Wildman–Crippen MR) is 76.4 cm³/mol. The summed E-state index contributed by atoms with van der Waals surface area (Å²) < 4.78 is 7.64. The molecular formula is C16H16N2O. The molecule has 2 heterocycles. The van der Waals surface area contributed by atoms with Crippen molar-refractivity contribution in [2.24, 2.45) is 0 Å². The highest BCUT2D eigenvalue weighted by molar-refractivity contribution is 5.86. The van der Waals surface area contributed by atoms with Gasteiger partial charge in [-0.3, -0.25) is 4.98 Å². The fraction of sp³-hybridized carbons (Fsp3) is 0.188. The SMILES string of the molecule is COc1cccc2c1ccn2CCc1cccnc1. The lowest BCUT2D eigenvalue weighted by Crippen LogP contribution is -2.00. The van der Waals surface area contributed by atoms with Crippen LogP contribution in [-0.2, 0) is 13.0 Å². The van der Waals surface area contributed by atoms with E-state index in [0.29, 0.717) is 0 Å². The monoisotopic (exact) mass is 252 g/mol. The molecule has 0 aliphatic rings. The third kappa shape index (κ3) is 2.32. The third-order valence-electron chi connectivity index (χ3n) is 3.36. The van der Waals surface area contributed by atoms with Crippen LogP contribution < -0.4 is 4.74 Å². The van der Waals surface area contributed by atoms with Gasteiger partial charge in [0, 0.05) is 30.5 Å². The Morgan fingerprint density at radius 1 is 1.16 bits per heavy atom. The molecule has 0 aliphatic carbocycles. The molecule has 0 saturated carbocycles. The second kappa shape index (κ2) is 5.14. The summed E-state index contributed by atoms with van der Waals surface area (Å²) in [5.74, 6) is 0.928. The van der Waals surface area contributed by atoms with Crippen LogP contribution in [0.3, 0.4) is 0 Å². The smallest absolute Gasteiger partial charge is 0.128 e. The number of fused-ring (bicyclic) bond motifs is 1. The van der Waals surface area contributed by atoms with Gasteiger partial charge in [-0.15, -0.1) is 0 Å². The largest absolute Gasteiger partial charge is 0.496 e. The molecule has 0 bridgehead atoms. The molecule has 0 aliphatic heterocycles. The maximum atomic E-state index is 5.38. The first-order valence-corrected chi connectivity index (χ1v) is 6.39. The van der Waals surface area contributed by atoms with Crippen LogP contribution in [0.25, 0.3) is 10.9 Å². The van der Waals surface area contributed by atoms with Gasteiger partial charge in [-0.1, -0.05) is 12.1 Å². The molecule has 96 valence electrons. The summed E-state index contributed by atoms with van der Waals surface area (Å²) >= 11 is 0. The van der Waals surface area contributed by atoms with E-state index in [2.05, 4.69) is 33.9 Å².